The van der Waals surface area contributed by atoms with E-state index in [4.69, 9.17) is 20.8 Å². The number of carbonyl (C=O) groups is 1. The zero-order valence-electron chi connectivity index (χ0n) is 9.86. The van der Waals surface area contributed by atoms with Gasteiger partial charge < -0.3 is 14.5 Å². The molecule has 0 spiro atoms. The fourth-order valence-electron chi connectivity index (χ4n) is 1.44. The third kappa shape index (κ3) is 2.46. The van der Waals surface area contributed by atoms with E-state index in [1.807, 2.05) is 6.92 Å². The predicted octanol–water partition coefficient (Wildman–Crippen LogP) is 2.90. The molecule has 0 saturated carbocycles. The lowest BCUT2D eigenvalue weighted by atomic mass is 10.2. The monoisotopic (exact) mass is 266 g/mol. The molecule has 2 rings (SSSR count). The van der Waals surface area contributed by atoms with Gasteiger partial charge in [0.25, 0.3) is 5.91 Å². The van der Waals surface area contributed by atoms with Crippen LogP contribution in [0.3, 0.4) is 0 Å². The summed E-state index contributed by atoms with van der Waals surface area (Å²) in [5.41, 5.74) is 1.57. The Labute approximate surface area is 109 Å². The molecule has 2 aromatic rings. The number of nitrogens with zero attached hydrogens (tertiary/aromatic N) is 1. The number of anilines is 1. The van der Waals surface area contributed by atoms with Crippen LogP contribution in [0.15, 0.2) is 29.2 Å². The molecule has 0 atom stereocenters. The Morgan fingerprint density at radius 3 is 2.89 bits per heavy atom. The van der Waals surface area contributed by atoms with E-state index in [-0.39, 0.29) is 11.6 Å². The molecule has 1 N–H and O–H groups in total. The number of amides is 1. The van der Waals surface area contributed by atoms with Crippen LogP contribution in [0.4, 0.5) is 5.69 Å². The standard InChI is InChI=1S/C12H11ClN2O3/c1-7-3-9(11(17-2)4-8(7)13)15-12(16)10-5-18-6-14-10/h3-6H,1-2H3,(H,15,16). The molecule has 18 heavy (non-hydrogen) atoms. The highest BCUT2D eigenvalue weighted by atomic mass is 35.5. The van der Waals surface area contributed by atoms with Gasteiger partial charge in [-0.15, -0.1) is 0 Å². The molecular formula is C12H11ClN2O3. The maximum Gasteiger partial charge on any atom is 0.277 e. The number of benzene rings is 1. The van der Waals surface area contributed by atoms with E-state index in [1.54, 1.807) is 12.1 Å². The number of oxazole rings is 1. The van der Waals surface area contributed by atoms with Crippen molar-refractivity contribution in [1.82, 2.24) is 4.98 Å². The zero-order chi connectivity index (χ0) is 13.1. The molecule has 0 radical (unpaired) electrons. The minimum Gasteiger partial charge on any atom is -0.495 e. The van der Waals surface area contributed by atoms with Gasteiger partial charge in [-0.3, -0.25) is 4.79 Å². The largest absolute Gasteiger partial charge is 0.495 e. The highest BCUT2D eigenvalue weighted by Crippen LogP contribution is 2.31. The van der Waals surface area contributed by atoms with Crippen molar-refractivity contribution < 1.29 is 13.9 Å². The molecule has 1 heterocycles. The molecule has 94 valence electrons. The second-order valence-corrected chi connectivity index (χ2v) is 4.04. The Balaban J connectivity index is 2.28. The average molecular weight is 267 g/mol. The zero-order valence-corrected chi connectivity index (χ0v) is 10.6. The van der Waals surface area contributed by atoms with Crippen LogP contribution in [0.1, 0.15) is 16.1 Å². The minimum absolute atomic E-state index is 0.199. The van der Waals surface area contributed by atoms with Crippen molar-refractivity contribution in [2.24, 2.45) is 0 Å². The van der Waals surface area contributed by atoms with Crippen molar-refractivity contribution in [2.45, 2.75) is 6.92 Å². The Hall–Kier alpha value is -2.01. The van der Waals surface area contributed by atoms with Gasteiger partial charge in [-0.1, -0.05) is 11.6 Å². The molecule has 0 fully saturated rings. The average Bonchev–Trinajstić information content (AvgIpc) is 2.87. The van der Waals surface area contributed by atoms with Gasteiger partial charge in [0.2, 0.25) is 0 Å². The number of aryl methyl sites for hydroxylation is 1. The lowest BCUT2D eigenvalue weighted by Gasteiger charge is -2.11. The first-order chi connectivity index (χ1) is 8.61. The number of nitrogens with one attached hydrogen (secondary N) is 1. The van der Waals surface area contributed by atoms with Gasteiger partial charge in [0.1, 0.15) is 12.0 Å². The summed E-state index contributed by atoms with van der Waals surface area (Å²) in [5, 5.41) is 3.26. The number of methoxy groups -OCH3 is 1. The van der Waals surface area contributed by atoms with E-state index >= 15 is 0 Å². The Morgan fingerprint density at radius 2 is 2.28 bits per heavy atom. The highest BCUT2D eigenvalue weighted by Gasteiger charge is 2.13. The molecule has 1 aromatic carbocycles. The Bertz CT molecular complexity index is 567. The maximum absolute atomic E-state index is 11.8. The summed E-state index contributed by atoms with van der Waals surface area (Å²) in [6.07, 6.45) is 2.46. The minimum atomic E-state index is -0.372. The van der Waals surface area contributed by atoms with E-state index in [1.165, 1.54) is 19.8 Å². The van der Waals surface area contributed by atoms with Crippen molar-refractivity contribution in [1.29, 1.82) is 0 Å². The third-order valence-electron chi connectivity index (χ3n) is 2.39. The summed E-state index contributed by atoms with van der Waals surface area (Å²) in [7, 11) is 1.51. The Morgan fingerprint density at radius 1 is 1.50 bits per heavy atom. The van der Waals surface area contributed by atoms with Crippen LogP contribution >= 0.6 is 11.6 Å². The number of rotatable bonds is 3. The summed E-state index contributed by atoms with van der Waals surface area (Å²) in [5.74, 6) is 0.117. The predicted molar refractivity (Wildman–Crippen MR) is 67.2 cm³/mol. The fraction of sp³-hybridized carbons (Fsp3) is 0.167. The molecule has 0 saturated heterocycles. The number of aromatic nitrogens is 1. The summed E-state index contributed by atoms with van der Waals surface area (Å²) in [6.45, 7) is 1.84. The van der Waals surface area contributed by atoms with Crippen molar-refractivity contribution in [2.75, 3.05) is 12.4 Å². The molecular weight excluding hydrogens is 256 g/mol. The van der Waals surface area contributed by atoms with E-state index in [0.717, 1.165) is 5.56 Å². The quantitative estimate of drug-likeness (QED) is 0.928. The molecule has 0 aliphatic heterocycles. The molecule has 5 nitrogen and oxygen atoms in total. The van der Waals surface area contributed by atoms with Gasteiger partial charge in [0.15, 0.2) is 12.1 Å². The second-order valence-electron chi connectivity index (χ2n) is 3.63. The van der Waals surface area contributed by atoms with Crippen molar-refractivity contribution >= 4 is 23.2 Å². The van der Waals surface area contributed by atoms with Gasteiger partial charge in [-0.2, -0.15) is 0 Å². The maximum atomic E-state index is 11.8. The van der Waals surface area contributed by atoms with Gasteiger partial charge in [0.05, 0.1) is 12.8 Å². The molecule has 1 amide bonds. The number of hydrogen-bond donors (Lipinski definition) is 1. The molecule has 1 aromatic heterocycles. The van der Waals surface area contributed by atoms with Crippen molar-refractivity contribution in [3.63, 3.8) is 0 Å². The first-order valence-electron chi connectivity index (χ1n) is 5.15. The van der Waals surface area contributed by atoms with Gasteiger partial charge in [-0.05, 0) is 18.6 Å². The number of carbonyl (C=O) groups excluding carboxylic acids is 1. The fourth-order valence-corrected chi connectivity index (χ4v) is 1.59. The molecule has 0 aliphatic carbocycles. The van der Waals surface area contributed by atoms with Crippen LogP contribution in [0.2, 0.25) is 5.02 Å². The van der Waals surface area contributed by atoms with Gasteiger partial charge in [-0.25, -0.2) is 4.98 Å². The summed E-state index contributed by atoms with van der Waals surface area (Å²) < 4.78 is 9.90. The second kappa shape index (κ2) is 5.10. The van der Waals surface area contributed by atoms with E-state index in [2.05, 4.69) is 10.3 Å². The van der Waals surface area contributed by atoms with Crippen LogP contribution in [-0.4, -0.2) is 18.0 Å². The van der Waals surface area contributed by atoms with Crippen LogP contribution in [0, 0.1) is 6.92 Å². The smallest absolute Gasteiger partial charge is 0.277 e. The molecule has 0 aliphatic rings. The molecule has 6 heteroatoms. The van der Waals surface area contributed by atoms with Crippen molar-refractivity contribution in [3.05, 3.63) is 41.1 Å². The van der Waals surface area contributed by atoms with Crippen LogP contribution in [0.5, 0.6) is 5.75 Å². The number of hydrogen-bond acceptors (Lipinski definition) is 4. The van der Waals surface area contributed by atoms with E-state index in [0.29, 0.717) is 16.5 Å². The SMILES string of the molecule is COc1cc(Cl)c(C)cc1NC(=O)c1cocn1. The highest BCUT2D eigenvalue weighted by molar-refractivity contribution is 6.31. The number of ether oxygens (including phenoxy) is 1. The molecule has 0 bridgehead atoms. The van der Waals surface area contributed by atoms with E-state index in [9.17, 15) is 4.79 Å². The normalized spacial score (nSPS) is 10.2. The van der Waals surface area contributed by atoms with Crippen LogP contribution in [0.25, 0.3) is 0 Å². The topological polar surface area (TPSA) is 64.4 Å². The first-order valence-corrected chi connectivity index (χ1v) is 5.53. The van der Waals surface area contributed by atoms with E-state index < -0.39 is 0 Å². The lowest BCUT2D eigenvalue weighted by Crippen LogP contribution is -2.13. The Kier molecular flexibility index (Phi) is 3.53. The van der Waals surface area contributed by atoms with Gasteiger partial charge >= 0.3 is 0 Å². The van der Waals surface area contributed by atoms with Crippen LogP contribution in [-0.2, 0) is 0 Å². The number of halogens is 1. The summed E-state index contributed by atoms with van der Waals surface area (Å²) in [4.78, 5) is 15.6. The first kappa shape index (κ1) is 12.4. The third-order valence-corrected chi connectivity index (χ3v) is 2.80. The van der Waals surface area contributed by atoms with Crippen molar-refractivity contribution in [3.8, 4) is 5.75 Å². The van der Waals surface area contributed by atoms with Gasteiger partial charge in [0, 0.05) is 11.1 Å². The van der Waals surface area contributed by atoms with Crippen LogP contribution < -0.4 is 10.1 Å². The summed E-state index contributed by atoms with van der Waals surface area (Å²) in [6, 6.07) is 3.38. The lowest BCUT2D eigenvalue weighted by molar-refractivity contribution is 0.102. The molecule has 0 unspecified atom stereocenters. The summed E-state index contributed by atoms with van der Waals surface area (Å²) >= 11 is 5.98.